The fraction of sp³-hybridized carbons (Fsp3) is 0.250. The van der Waals surface area contributed by atoms with Crippen molar-refractivity contribution in [3.05, 3.63) is 41.6 Å². The molecule has 0 fully saturated rings. The second-order valence-electron chi connectivity index (χ2n) is 3.81. The zero-order valence-electron chi connectivity index (χ0n) is 8.99. The Morgan fingerprint density at radius 3 is 2.53 bits per heavy atom. The van der Waals surface area contributed by atoms with Crippen LogP contribution in [0.25, 0.3) is 10.9 Å². The minimum Gasteiger partial charge on any atom is -0.379 e. The molecule has 1 heterocycles. The molecule has 5 heteroatoms. The van der Waals surface area contributed by atoms with Crippen LogP contribution in [-0.4, -0.2) is 16.3 Å². The molecule has 2 rings (SSSR count). The molecule has 0 spiro atoms. The van der Waals surface area contributed by atoms with Crippen molar-refractivity contribution in [2.24, 2.45) is 0 Å². The van der Waals surface area contributed by atoms with Gasteiger partial charge in [-0.3, -0.25) is 4.98 Å². The molecule has 1 aromatic carbocycles. The SMILES string of the molecule is Cc1cc([C@H](O)C(F)(F)F)c2ccccc2n1. The molecule has 0 amide bonds. The van der Waals surface area contributed by atoms with E-state index in [0.29, 0.717) is 16.6 Å². The van der Waals surface area contributed by atoms with Crippen molar-refractivity contribution < 1.29 is 18.3 Å². The molecule has 0 aliphatic carbocycles. The summed E-state index contributed by atoms with van der Waals surface area (Å²) in [6.45, 7) is 1.60. The fourth-order valence-corrected chi connectivity index (χ4v) is 1.74. The summed E-state index contributed by atoms with van der Waals surface area (Å²) in [5.41, 5.74) is 0.744. The van der Waals surface area contributed by atoms with Crippen molar-refractivity contribution >= 4 is 10.9 Å². The summed E-state index contributed by atoms with van der Waals surface area (Å²) in [7, 11) is 0. The van der Waals surface area contributed by atoms with Gasteiger partial charge in [0, 0.05) is 16.6 Å². The summed E-state index contributed by atoms with van der Waals surface area (Å²) in [5.74, 6) is 0. The number of aromatic nitrogens is 1. The molecule has 2 nitrogen and oxygen atoms in total. The first kappa shape index (κ1) is 11.9. The molecule has 90 valence electrons. The summed E-state index contributed by atoms with van der Waals surface area (Å²) in [4.78, 5) is 4.12. The molecule has 2 aromatic rings. The lowest BCUT2D eigenvalue weighted by Gasteiger charge is -2.17. The maximum absolute atomic E-state index is 12.5. The monoisotopic (exact) mass is 241 g/mol. The van der Waals surface area contributed by atoms with Gasteiger partial charge in [-0.15, -0.1) is 0 Å². The number of alkyl halides is 3. The second-order valence-corrected chi connectivity index (χ2v) is 3.81. The van der Waals surface area contributed by atoms with Gasteiger partial charge in [-0.05, 0) is 19.1 Å². The van der Waals surface area contributed by atoms with Crippen LogP contribution in [0.2, 0.25) is 0 Å². The number of benzene rings is 1. The Morgan fingerprint density at radius 1 is 1.24 bits per heavy atom. The predicted molar refractivity (Wildman–Crippen MR) is 57.5 cm³/mol. The summed E-state index contributed by atoms with van der Waals surface area (Å²) in [5, 5.41) is 9.65. The summed E-state index contributed by atoms with van der Waals surface area (Å²) in [6.07, 6.45) is -7.15. The zero-order valence-corrected chi connectivity index (χ0v) is 8.99. The van der Waals surface area contributed by atoms with Crippen LogP contribution in [0, 0.1) is 6.92 Å². The molecule has 0 saturated heterocycles. The number of halogens is 3. The highest BCUT2D eigenvalue weighted by Gasteiger charge is 2.40. The highest BCUT2D eigenvalue weighted by Crippen LogP contribution is 2.35. The Hall–Kier alpha value is -1.62. The van der Waals surface area contributed by atoms with Gasteiger partial charge in [-0.2, -0.15) is 13.2 Å². The number of rotatable bonds is 1. The van der Waals surface area contributed by atoms with E-state index in [1.807, 2.05) is 0 Å². The molecule has 17 heavy (non-hydrogen) atoms. The van der Waals surface area contributed by atoms with Crippen LogP contribution in [0.5, 0.6) is 0 Å². The second kappa shape index (κ2) is 4.00. The third kappa shape index (κ3) is 2.24. The first-order chi connectivity index (χ1) is 7.89. The quantitative estimate of drug-likeness (QED) is 0.832. The maximum atomic E-state index is 12.5. The van der Waals surface area contributed by atoms with E-state index < -0.39 is 12.3 Å². The van der Waals surface area contributed by atoms with Crippen LogP contribution in [0.3, 0.4) is 0 Å². The van der Waals surface area contributed by atoms with Crippen molar-refractivity contribution in [2.45, 2.75) is 19.2 Å². The average Bonchev–Trinajstić information content (AvgIpc) is 2.25. The van der Waals surface area contributed by atoms with Gasteiger partial charge in [-0.1, -0.05) is 18.2 Å². The first-order valence-electron chi connectivity index (χ1n) is 5.00. The van der Waals surface area contributed by atoms with E-state index in [1.165, 1.54) is 12.1 Å². The highest BCUT2D eigenvalue weighted by molar-refractivity contribution is 5.82. The first-order valence-corrected chi connectivity index (χ1v) is 5.00. The normalized spacial score (nSPS) is 13.9. The van der Waals surface area contributed by atoms with Gasteiger partial charge in [0.25, 0.3) is 0 Å². The van der Waals surface area contributed by atoms with E-state index in [0.717, 1.165) is 0 Å². The lowest BCUT2D eigenvalue weighted by atomic mass is 10.0. The van der Waals surface area contributed by atoms with Crippen molar-refractivity contribution in [3.63, 3.8) is 0 Å². The lowest BCUT2D eigenvalue weighted by molar-refractivity contribution is -0.206. The largest absolute Gasteiger partial charge is 0.418 e. The summed E-state index contributed by atoms with van der Waals surface area (Å²) < 4.78 is 37.6. The van der Waals surface area contributed by atoms with Gasteiger partial charge >= 0.3 is 6.18 Å². The molecule has 1 N–H and O–H groups in total. The summed E-state index contributed by atoms with van der Waals surface area (Å²) in [6, 6.07) is 7.71. The molecule has 1 atom stereocenters. The number of hydrogen-bond donors (Lipinski definition) is 1. The Kier molecular flexibility index (Phi) is 2.79. The smallest absolute Gasteiger partial charge is 0.379 e. The molecule has 0 radical (unpaired) electrons. The predicted octanol–water partition coefficient (Wildman–Crippen LogP) is 3.14. The number of aliphatic hydroxyl groups is 1. The Labute approximate surface area is 95.7 Å². The van der Waals surface area contributed by atoms with Gasteiger partial charge in [0.2, 0.25) is 0 Å². The zero-order chi connectivity index (χ0) is 12.6. The number of fused-ring (bicyclic) bond motifs is 1. The number of nitrogens with zero attached hydrogens (tertiary/aromatic N) is 1. The minimum absolute atomic E-state index is 0.152. The van der Waals surface area contributed by atoms with E-state index in [9.17, 15) is 18.3 Å². The molecular weight excluding hydrogens is 231 g/mol. The number of aliphatic hydroxyl groups excluding tert-OH is 1. The van der Waals surface area contributed by atoms with Crippen LogP contribution >= 0.6 is 0 Å². The van der Waals surface area contributed by atoms with E-state index in [1.54, 1.807) is 25.1 Å². The molecule has 1 aromatic heterocycles. The molecule has 0 bridgehead atoms. The van der Waals surface area contributed by atoms with Gasteiger partial charge in [0.1, 0.15) is 0 Å². The third-order valence-electron chi connectivity index (χ3n) is 2.48. The fourth-order valence-electron chi connectivity index (χ4n) is 1.74. The van der Waals surface area contributed by atoms with Crippen LogP contribution in [0.1, 0.15) is 17.4 Å². The van der Waals surface area contributed by atoms with E-state index >= 15 is 0 Å². The van der Waals surface area contributed by atoms with Crippen LogP contribution < -0.4 is 0 Å². The molecular formula is C12H10F3NO. The minimum atomic E-state index is -4.67. The maximum Gasteiger partial charge on any atom is 0.418 e. The van der Waals surface area contributed by atoms with Crippen molar-refractivity contribution in [1.82, 2.24) is 4.98 Å². The van der Waals surface area contributed by atoms with Crippen molar-refractivity contribution in [2.75, 3.05) is 0 Å². The Balaban J connectivity index is 2.68. The summed E-state index contributed by atoms with van der Waals surface area (Å²) >= 11 is 0. The van der Waals surface area contributed by atoms with Gasteiger partial charge in [0.05, 0.1) is 5.52 Å². The topological polar surface area (TPSA) is 33.1 Å². The molecule has 0 aliphatic heterocycles. The van der Waals surface area contributed by atoms with E-state index in [4.69, 9.17) is 0 Å². The number of hydrogen-bond acceptors (Lipinski definition) is 2. The van der Waals surface area contributed by atoms with Crippen LogP contribution in [0.4, 0.5) is 13.2 Å². The van der Waals surface area contributed by atoms with Gasteiger partial charge in [0.15, 0.2) is 6.10 Å². The van der Waals surface area contributed by atoms with Crippen LogP contribution in [0.15, 0.2) is 30.3 Å². The van der Waals surface area contributed by atoms with Gasteiger partial charge in [-0.25, -0.2) is 0 Å². The lowest BCUT2D eigenvalue weighted by Crippen LogP contribution is -2.20. The average molecular weight is 241 g/mol. The van der Waals surface area contributed by atoms with Crippen molar-refractivity contribution in [3.8, 4) is 0 Å². The number of para-hydroxylation sites is 1. The van der Waals surface area contributed by atoms with E-state index in [-0.39, 0.29) is 5.56 Å². The van der Waals surface area contributed by atoms with Crippen molar-refractivity contribution in [1.29, 1.82) is 0 Å². The molecule has 0 saturated carbocycles. The third-order valence-corrected chi connectivity index (χ3v) is 2.48. The van der Waals surface area contributed by atoms with Gasteiger partial charge < -0.3 is 5.11 Å². The van der Waals surface area contributed by atoms with E-state index in [2.05, 4.69) is 4.98 Å². The van der Waals surface area contributed by atoms with Crippen LogP contribution in [-0.2, 0) is 0 Å². The Morgan fingerprint density at radius 2 is 1.88 bits per heavy atom. The molecule has 0 aliphatic rings. The standard InChI is InChI=1S/C12H10F3NO/c1-7-6-9(11(17)12(13,14)15)8-4-2-3-5-10(8)16-7/h2-6,11,17H,1H3/t11-/m0/s1. The number of aryl methyl sites for hydroxylation is 1. The number of pyridine rings is 1. The highest BCUT2D eigenvalue weighted by atomic mass is 19.4. The molecule has 0 unspecified atom stereocenters. The Bertz CT molecular complexity index is 551.